The van der Waals surface area contributed by atoms with Crippen LogP contribution in [0.15, 0.2) is 9.59 Å². The highest BCUT2D eigenvalue weighted by atomic mass is 16.2. The number of anilines is 2. The van der Waals surface area contributed by atoms with Gasteiger partial charge in [0.2, 0.25) is 0 Å². The molecule has 1 aromatic carbocycles. The van der Waals surface area contributed by atoms with Gasteiger partial charge in [0, 0.05) is 38.8 Å². The fourth-order valence-corrected chi connectivity index (χ4v) is 3.64. The Balaban J connectivity index is 1.66. The highest BCUT2D eigenvalue weighted by Crippen LogP contribution is 2.23. The minimum absolute atomic E-state index is 0.314. The third kappa shape index (κ3) is 2.77. The molecule has 0 unspecified atom stereocenters. The van der Waals surface area contributed by atoms with E-state index in [9.17, 15) is 9.59 Å². The molecule has 0 amide bonds. The Hall–Kier alpha value is -1.40. The van der Waals surface area contributed by atoms with Gasteiger partial charge in [-0.05, 0) is 33.0 Å². The third-order valence-corrected chi connectivity index (χ3v) is 5.12. The molecule has 0 radical (unpaired) electrons. The number of hydrogen-bond acceptors (Lipinski definition) is 6. The molecule has 6 nitrogen and oxygen atoms in total. The summed E-state index contributed by atoms with van der Waals surface area (Å²) in [5.41, 5.74) is 0.525. The van der Waals surface area contributed by atoms with Crippen molar-refractivity contribution in [1.29, 1.82) is 0 Å². The predicted molar refractivity (Wildman–Crippen MR) is 89.8 cm³/mol. The molecule has 2 aliphatic rings. The van der Waals surface area contributed by atoms with Crippen LogP contribution < -0.4 is 21.1 Å². The highest BCUT2D eigenvalue weighted by Gasteiger charge is 2.29. The summed E-state index contributed by atoms with van der Waals surface area (Å²) in [6, 6.07) is 0.481. The van der Waals surface area contributed by atoms with E-state index in [2.05, 4.69) is 34.0 Å². The van der Waals surface area contributed by atoms with Gasteiger partial charge < -0.3 is 15.1 Å². The van der Waals surface area contributed by atoms with Crippen LogP contribution in [-0.2, 0) is 0 Å². The molecule has 2 aliphatic heterocycles. The van der Waals surface area contributed by atoms with Crippen molar-refractivity contribution in [2.75, 3.05) is 63.1 Å². The lowest BCUT2D eigenvalue weighted by Gasteiger charge is -2.35. The molecule has 122 valence electrons. The van der Waals surface area contributed by atoms with Gasteiger partial charge in [-0.1, -0.05) is 6.92 Å². The average Bonchev–Trinajstić information content (AvgIpc) is 2.99. The molecule has 1 N–H and O–H groups in total. The Labute approximate surface area is 131 Å². The van der Waals surface area contributed by atoms with Crippen LogP contribution in [0.3, 0.4) is 0 Å². The van der Waals surface area contributed by atoms with Gasteiger partial charge in [0.25, 0.3) is 10.9 Å². The number of nitrogens with zero attached hydrogens (tertiary/aromatic N) is 3. The second kappa shape index (κ2) is 6.38. The second-order valence-corrected chi connectivity index (χ2v) is 6.48. The Bertz CT molecular complexity index is 585. The molecule has 1 aromatic rings. The van der Waals surface area contributed by atoms with Crippen LogP contribution in [-0.4, -0.2) is 68.7 Å². The molecule has 2 fully saturated rings. The van der Waals surface area contributed by atoms with Crippen molar-refractivity contribution in [3.8, 4) is 0 Å². The lowest BCUT2D eigenvalue weighted by atomic mass is 10.1. The van der Waals surface area contributed by atoms with Crippen molar-refractivity contribution in [2.45, 2.75) is 25.8 Å². The van der Waals surface area contributed by atoms with E-state index < -0.39 is 0 Å². The van der Waals surface area contributed by atoms with Crippen LogP contribution >= 0.6 is 0 Å². The van der Waals surface area contributed by atoms with Crippen molar-refractivity contribution in [1.82, 2.24) is 9.80 Å². The van der Waals surface area contributed by atoms with Crippen molar-refractivity contribution in [3.05, 3.63) is 20.4 Å². The number of piperazine rings is 1. The van der Waals surface area contributed by atoms with E-state index in [0.29, 0.717) is 17.4 Å². The molecule has 0 spiro atoms. The van der Waals surface area contributed by atoms with Gasteiger partial charge in [-0.2, -0.15) is 0 Å². The smallest absolute Gasteiger partial charge is 0.253 e. The van der Waals surface area contributed by atoms with E-state index in [4.69, 9.17) is 0 Å². The number of nitrogens with one attached hydrogen (secondary N) is 1. The summed E-state index contributed by atoms with van der Waals surface area (Å²) >= 11 is 0. The minimum atomic E-state index is -0.338. The molecule has 0 aliphatic carbocycles. The molecule has 2 heterocycles. The first kappa shape index (κ1) is 15.5. The van der Waals surface area contributed by atoms with Crippen LogP contribution in [0.5, 0.6) is 0 Å². The van der Waals surface area contributed by atoms with E-state index in [-0.39, 0.29) is 10.9 Å². The van der Waals surface area contributed by atoms with Gasteiger partial charge >= 0.3 is 0 Å². The van der Waals surface area contributed by atoms with E-state index in [1.807, 2.05) is 0 Å². The lowest BCUT2D eigenvalue weighted by molar-refractivity contribution is 0.277. The van der Waals surface area contributed by atoms with Gasteiger partial charge in [0.1, 0.15) is 11.4 Å². The number of hydrogen-bond donors (Lipinski definition) is 1. The SMILES string of the molecule is CCN1CCC[C@H]1CNc1c(N2CCN(C)CC2)c(=O)c1=O. The van der Waals surface area contributed by atoms with Crippen LogP contribution in [0, 0.1) is 0 Å². The van der Waals surface area contributed by atoms with Crippen LogP contribution in [0.25, 0.3) is 0 Å². The van der Waals surface area contributed by atoms with Crippen molar-refractivity contribution >= 4 is 11.4 Å². The van der Waals surface area contributed by atoms with E-state index >= 15 is 0 Å². The van der Waals surface area contributed by atoms with Gasteiger partial charge in [-0.25, -0.2) is 0 Å². The Kier molecular flexibility index (Phi) is 4.49. The van der Waals surface area contributed by atoms with Gasteiger partial charge in [-0.15, -0.1) is 0 Å². The molecule has 0 saturated carbocycles. The van der Waals surface area contributed by atoms with Crippen LogP contribution in [0.2, 0.25) is 0 Å². The molecule has 3 rings (SSSR count). The fourth-order valence-electron chi connectivity index (χ4n) is 3.64. The maximum absolute atomic E-state index is 12.0. The standard InChI is InChI=1S/C16H26N4O2/c1-3-19-6-4-5-12(19)11-17-13-14(16(22)15(13)21)20-9-7-18(2)8-10-20/h12,17H,3-11H2,1-2H3/t12-/m0/s1. The maximum Gasteiger partial charge on any atom is 0.253 e. The summed E-state index contributed by atoms with van der Waals surface area (Å²) in [7, 11) is 2.08. The molecule has 2 saturated heterocycles. The zero-order valence-corrected chi connectivity index (χ0v) is 13.6. The van der Waals surface area contributed by atoms with Gasteiger partial charge in [0.05, 0.1) is 0 Å². The van der Waals surface area contributed by atoms with E-state index in [1.165, 1.54) is 12.8 Å². The monoisotopic (exact) mass is 306 g/mol. The topological polar surface area (TPSA) is 55.9 Å². The molecule has 22 heavy (non-hydrogen) atoms. The molecular weight excluding hydrogens is 280 g/mol. The van der Waals surface area contributed by atoms with Crippen molar-refractivity contribution < 1.29 is 0 Å². The summed E-state index contributed by atoms with van der Waals surface area (Å²) in [4.78, 5) is 30.6. The van der Waals surface area contributed by atoms with Crippen molar-refractivity contribution in [2.24, 2.45) is 0 Å². The molecule has 0 bridgehead atoms. The zero-order chi connectivity index (χ0) is 15.7. The summed E-state index contributed by atoms with van der Waals surface area (Å²) in [5.74, 6) is 0. The normalized spacial score (nSPS) is 24.3. The first-order valence-electron chi connectivity index (χ1n) is 8.36. The summed E-state index contributed by atoms with van der Waals surface area (Å²) in [5, 5.41) is 3.28. The molecule has 6 heteroatoms. The van der Waals surface area contributed by atoms with Crippen LogP contribution in [0.1, 0.15) is 19.8 Å². The van der Waals surface area contributed by atoms with E-state index in [1.54, 1.807) is 0 Å². The zero-order valence-electron chi connectivity index (χ0n) is 13.6. The number of likely N-dealkylation sites (tertiary alicyclic amines) is 1. The lowest BCUT2D eigenvalue weighted by Crippen LogP contribution is -2.51. The number of rotatable bonds is 5. The fraction of sp³-hybridized carbons (Fsp3) is 0.750. The molecule has 0 aromatic heterocycles. The second-order valence-electron chi connectivity index (χ2n) is 6.48. The van der Waals surface area contributed by atoms with Crippen LogP contribution in [0.4, 0.5) is 11.4 Å². The summed E-state index contributed by atoms with van der Waals surface area (Å²) < 4.78 is 0. The van der Waals surface area contributed by atoms with Crippen molar-refractivity contribution in [3.63, 3.8) is 0 Å². The maximum atomic E-state index is 12.0. The summed E-state index contributed by atoms with van der Waals surface area (Å²) in [6.45, 7) is 8.63. The third-order valence-electron chi connectivity index (χ3n) is 5.12. The van der Waals surface area contributed by atoms with Gasteiger partial charge in [-0.3, -0.25) is 14.5 Å². The quantitative estimate of drug-likeness (QED) is 0.769. The summed E-state index contributed by atoms with van der Waals surface area (Å²) in [6.07, 6.45) is 2.39. The average molecular weight is 306 g/mol. The first-order valence-corrected chi connectivity index (χ1v) is 8.36. The Morgan fingerprint density at radius 2 is 1.82 bits per heavy atom. The molecular formula is C16H26N4O2. The predicted octanol–water partition coefficient (Wildman–Crippen LogP) is -0.0694. The minimum Gasteiger partial charge on any atom is -0.378 e. The Morgan fingerprint density at radius 3 is 2.50 bits per heavy atom. The first-order chi connectivity index (χ1) is 10.6. The molecule has 1 atom stereocenters. The largest absolute Gasteiger partial charge is 0.378 e. The van der Waals surface area contributed by atoms with Gasteiger partial charge in [0.15, 0.2) is 0 Å². The van der Waals surface area contributed by atoms with E-state index in [0.717, 1.165) is 45.8 Å². The highest BCUT2D eigenvalue weighted by molar-refractivity contribution is 5.75. The Morgan fingerprint density at radius 1 is 1.09 bits per heavy atom. The number of likely N-dealkylation sites (N-methyl/N-ethyl adjacent to an activating group) is 2.